The number of sulfonamides is 1. The molecule has 1 aromatic carbocycles. The van der Waals surface area contributed by atoms with Crippen LogP contribution in [0.5, 0.6) is 0 Å². The Morgan fingerprint density at radius 3 is 2.90 bits per heavy atom. The van der Waals surface area contributed by atoms with Crippen molar-refractivity contribution >= 4 is 16.0 Å². The Morgan fingerprint density at radius 2 is 2.21 bits per heavy atom. The largest absolute Gasteiger partial charge is 0.469 e. The molecule has 2 heterocycles. The van der Waals surface area contributed by atoms with Crippen LogP contribution in [0.15, 0.2) is 61.4 Å². The number of benzene rings is 1. The van der Waals surface area contributed by atoms with Crippen molar-refractivity contribution in [3.8, 4) is 0 Å². The first-order valence-corrected chi connectivity index (χ1v) is 11.1. The number of nitrogens with zero attached hydrogens (tertiary/aromatic N) is 2. The highest BCUT2D eigenvalue weighted by Gasteiger charge is 2.35. The number of rotatable bonds is 7. The predicted octanol–water partition coefficient (Wildman–Crippen LogP) is 3.23. The van der Waals surface area contributed by atoms with E-state index >= 15 is 0 Å². The van der Waals surface area contributed by atoms with Crippen molar-refractivity contribution in [3.05, 3.63) is 78.1 Å². The first kappa shape index (κ1) is 21.2. The third-order valence-corrected chi connectivity index (χ3v) is 7.45. The van der Waals surface area contributed by atoms with Crippen LogP contribution >= 0.6 is 0 Å². The van der Waals surface area contributed by atoms with E-state index in [4.69, 9.17) is 4.74 Å². The van der Waals surface area contributed by atoms with Crippen molar-refractivity contribution in [2.75, 3.05) is 20.2 Å². The second-order valence-corrected chi connectivity index (χ2v) is 9.24. The van der Waals surface area contributed by atoms with Gasteiger partial charge in [0, 0.05) is 25.5 Å². The van der Waals surface area contributed by atoms with E-state index in [0.717, 1.165) is 24.0 Å². The van der Waals surface area contributed by atoms with Gasteiger partial charge in [-0.15, -0.1) is 6.58 Å². The number of piperidine rings is 1. The van der Waals surface area contributed by atoms with E-state index in [1.54, 1.807) is 28.8 Å². The maximum absolute atomic E-state index is 13.3. The van der Waals surface area contributed by atoms with Gasteiger partial charge in [0.1, 0.15) is 5.25 Å². The molecule has 1 saturated heterocycles. The molecule has 0 N–H and O–H groups in total. The van der Waals surface area contributed by atoms with Gasteiger partial charge in [-0.3, -0.25) is 9.78 Å². The molecule has 154 valence electrons. The Labute approximate surface area is 172 Å². The van der Waals surface area contributed by atoms with Gasteiger partial charge in [0.25, 0.3) is 0 Å². The lowest BCUT2D eigenvalue weighted by atomic mass is 9.90. The summed E-state index contributed by atoms with van der Waals surface area (Å²) >= 11 is 0. The molecule has 0 aliphatic carbocycles. The molecule has 1 aliphatic rings. The van der Waals surface area contributed by atoms with Crippen molar-refractivity contribution in [2.45, 2.75) is 30.4 Å². The van der Waals surface area contributed by atoms with Crippen LogP contribution < -0.4 is 0 Å². The number of esters is 1. The summed E-state index contributed by atoms with van der Waals surface area (Å²) in [5.74, 6) is -0.212. The lowest BCUT2D eigenvalue weighted by molar-refractivity contribution is -0.139. The summed E-state index contributed by atoms with van der Waals surface area (Å²) in [6.07, 6.45) is 6.54. The van der Waals surface area contributed by atoms with Crippen molar-refractivity contribution < 1.29 is 17.9 Å². The fraction of sp³-hybridized carbons (Fsp3) is 0.364. The molecule has 2 unspecified atom stereocenters. The van der Waals surface area contributed by atoms with Crippen molar-refractivity contribution in [1.29, 1.82) is 0 Å². The summed E-state index contributed by atoms with van der Waals surface area (Å²) in [7, 11) is -2.23. The lowest BCUT2D eigenvalue weighted by Gasteiger charge is -2.34. The summed E-state index contributed by atoms with van der Waals surface area (Å²) in [4.78, 5) is 15.6. The van der Waals surface area contributed by atoms with Gasteiger partial charge in [0.05, 0.1) is 13.5 Å². The molecule has 1 aliphatic heterocycles. The highest BCUT2D eigenvalue weighted by Crippen LogP contribution is 2.33. The first-order chi connectivity index (χ1) is 14.0. The van der Waals surface area contributed by atoms with Gasteiger partial charge < -0.3 is 4.74 Å². The van der Waals surface area contributed by atoms with E-state index in [2.05, 4.69) is 11.6 Å². The number of ether oxygens (including phenoxy) is 1. The summed E-state index contributed by atoms with van der Waals surface area (Å²) < 4.78 is 32.9. The Bertz CT molecular complexity index is 960. The van der Waals surface area contributed by atoms with E-state index < -0.39 is 15.3 Å². The van der Waals surface area contributed by atoms with Crippen LogP contribution in [0, 0.1) is 0 Å². The van der Waals surface area contributed by atoms with E-state index in [-0.39, 0.29) is 18.3 Å². The fourth-order valence-corrected chi connectivity index (χ4v) is 5.60. The molecule has 1 aromatic heterocycles. The Kier molecular flexibility index (Phi) is 6.82. The molecular weight excluding hydrogens is 388 g/mol. The van der Waals surface area contributed by atoms with E-state index in [1.807, 2.05) is 24.3 Å². The summed E-state index contributed by atoms with van der Waals surface area (Å²) in [6, 6.07) is 11.2. The van der Waals surface area contributed by atoms with Gasteiger partial charge in [-0.1, -0.05) is 36.4 Å². The Morgan fingerprint density at radius 1 is 1.38 bits per heavy atom. The van der Waals surface area contributed by atoms with E-state index in [9.17, 15) is 13.2 Å². The lowest BCUT2D eigenvalue weighted by Crippen LogP contribution is -2.41. The van der Waals surface area contributed by atoms with Gasteiger partial charge in [-0.25, -0.2) is 12.7 Å². The highest BCUT2D eigenvalue weighted by molar-refractivity contribution is 7.89. The molecule has 0 radical (unpaired) electrons. The number of aromatic nitrogens is 1. The molecule has 0 saturated carbocycles. The van der Waals surface area contributed by atoms with Crippen LogP contribution in [0.4, 0.5) is 0 Å². The van der Waals surface area contributed by atoms with Crippen LogP contribution in [0.3, 0.4) is 0 Å². The predicted molar refractivity (Wildman–Crippen MR) is 112 cm³/mol. The molecule has 2 aromatic rings. The number of carbonyl (C=O) groups excluding carboxylic acids is 1. The minimum absolute atomic E-state index is 0.0792. The molecular formula is C22H26N2O4S. The van der Waals surface area contributed by atoms with Gasteiger partial charge in [0.2, 0.25) is 10.0 Å². The highest BCUT2D eigenvalue weighted by atomic mass is 32.2. The molecule has 0 amide bonds. The monoisotopic (exact) mass is 414 g/mol. The number of pyridine rings is 1. The molecule has 2 atom stereocenters. The van der Waals surface area contributed by atoms with E-state index in [1.165, 1.54) is 13.2 Å². The topological polar surface area (TPSA) is 76.6 Å². The molecule has 29 heavy (non-hydrogen) atoms. The summed E-state index contributed by atoms with van der Waals surface area (Å²) in [5, 5.41) is -0.819. The van der Waals surface area contributed by atoms with Crippen LogP contribution in [0.1, 0.15) is 40.7 Å². The smallest absolute Gasteiger partial charge is 0.309 e. The summed E-state index contributed by atoms with van der Waals surface area (Å²) in [5.41, 5.74) is 2.53. The number of hydrogen-bond acceptors (Lipinski definition) is 5. The third-order valence-electron chi connectivity index (χ3n) is 5.29. The molecule has 6 nitrogen and oxygen atoms in total. The third kappa shape index (κ3) is 4.92. The number of hydrogen-bond donors (Lipinski definition) is 0. The zero-order valence-electron chi connectivity index (χ0n) is 16.5. The van der Waals surface area contributed by atoms with Crippen LogP contribution in [0.2, 0.25) is 0 Å². The fourth-order valence-electron chi connectivity index (χ4n) is 3.78. The van der Waals surface area contributed by atoms with Crippen LogP contribution in [0.25, 0.3) is 0 Å². The molecule has 1 fully saturated rings. The van der Waals surface area contributed by atoms with Crippen LogP contribution in [-0.4, -0.2) is 43.9 Å². The van der Waals surface area contributed by atoms with Gasteiger partial charge in [-0.2, -0.15) is 0 Å². The Hall–Kier alpha value is -2.51. The van der Waals surface area contributed by atoms with Gasteiger partial charge in [-0.05, 0) is 41.5 Å². The normalized spacial score (nSPS) is 18.7. The maximum atomic E-state index is 13.3. The zero-order valence-corrected chi connectivity index (χ0v) is 17.3. The minimum Gasteiger partial charge on any atom is -0.469 e. The van der Waals surface area contributed by atoms with Crippen LogP contribution in [-0.2, 0) is 26.0 Å². The van der Waals surface area contributed by atoms with Crippen molar-refractivity contribution in [3.63, 3.8) is 0 Å². The molecule has 0 spiro atoms. The standard InChI is InChI=1S/C22H26N2O4S/c1-3-21(19-9-5-11-23-15-19)29(26,27)24-12-6-10-20(16-24)18-8-4-7-17(13-18)14-22(25)28-2/h3-5,7-9,11,13,15,20-21H,1,6,10,12,14,16H2,2H3. The maximum Gasteiger partial charge on any atom is 0.309 e. The molecule has 3 rings (SSSR count). The Balaban J connectivity index is 1.80. The average molecular weight is 415 g/mol. The number of carbonyl (C=O) groups is 1. The van der Waals surface area contributed by atoms with Crippen molar-refractivity contribution in [1.82, 2.24) is 9.29 Å². The quantitative estimate of drug-likeness (QED) is 0.514. The zero-order chi connectivity index (χ0) is 20.9. The van der Waals surface area contributed by atoms with E-state index in [0.29, 0.717) is 18.7 Å². The number of methoxy groups -OCH3 is 1. The molecule has 7 heteroatoms. The van der Waals surface area contributed by atoms with Gasteiger partial charge in [0.15, 0.2) is 0 Å². The average Bonchev–Trinajstić information content (AvgIpc) is 2.75. The summed E-state index contributed by atoms with van der Waals surface area (Å²) in [6.45, 7) is 4.65. The second-order valence-electron chi connectivity index (χ2n) is 7.18. The second kappa shape index (κ2) is 9.33. The molecule has 0 bridgehead atoms. The van der Waals surface area contributed by atoms with Crippen molar-refractivity contribution in [2.24, 2.45) is 0 Å². The first-order valence-electron chi connectivity index (χ1n) is 9.62. The minimum atomic E-state index is -3.60. The van der Waals surface area contributed by atoms with Gasteiger partial charge >= 0.3 is 5.97 Å². The SMILES string of the molecule is C=CC(c1cccnc1)S(=O)(=O)N1CCCC(c2cccc(CC(=O)OC)c2)C1.